The molecule has 0 spiro atoms. The monoisotopic (exact) mass is 312 g/mol. The fourth-order valence-corrected chi connectivity index (χ4v) is 1.77. The van der Waals surface area contributed by atoms with E-state index in [1.165, 1.54) is 6.20 Å². The van der Waals surface area contributed by atoms with E-state index in [0.29, 0.717) is 17.3 Å². The Morgan fingerprint density at radius 2 is 2.05 bits per heavy atom. The van der Waals surface area contributed by atoms with Crippen LogP contribution in [-0.4, -0.2) is 10.9 Å². The molecule has 110 valence electrons. The molecule has 5 nitrogen and oxygen atoms in total. The van der Waals surface area contributed by atoms with Gasteiger partial charge in [-0.15, -0.1) is 0 Å². The van der Waals surface area contributed by atoms with Gasteiger partial charge in [0.15, 0.2) is 0 Å². The van der Waals surface area contributed by atoms with Crippen LogP contribution in [0.2, 0.25) is 5.02 Å². The van der Waals surface area contributed by atoms with Crippen molar-refractivity contribution in [3.05, 3.63) is 71.2 Å². The van der Waals surface area contributed by atoms with Crippen LogP contribution in [0.4, 0.5) is 5.69 Å². The number of rotatable bonds is 5. The number of aromatic nitrogens is 1. The Bertz CT molecular complexity index is 705. The topological polar surface area (TPSA) is 77.8 Å². The summed E-state index contributed by atoms with van der Waals surface area (Å²) in [5.41, 5.74) is 1.36. The maximum atomic E-state index is 12.0. The zero-order valence-electron chi connectivity index (χ0n) is 11.6. The Morgan fingerprint density at radius 3 is 2.68 bits per heavy atom. The van der Waals surface area contributed by atoms with Crippen LogP contribution in [0.25, 0.3) is 0 Å². The number of pyridine rings is 1. The van der Waals surface area contributed by atoms with E-state index >= 15 is 0 Å². The van der Waals surface area contributed by atoms with Crippen molar-refractivity contribution in [1.82, 2.24) is 10.3 Å². The average Bonchev–Trinajstić information content (AvgIpc) is 2.54. The predicted molar refractivity (Wildman–Crippen MR) is 84.9 cm³/mol. The smallest absolute Gasteiger partial charge is 0.267 e. The number of hydrogen-bond acceptors (Lipinski definition) is 4. The molecule has 0 saturated carbocycles. The number of halogens is 1. The van der Waals surface area contributed by atoms with E-state index in [1.54, 1.807) is 30.5 Å². The van der Waals surface area contributed by atoms with Crippen LogP contribution >= 0.6 is 11.6 Å². The first-order valence-corrected chi connectivity index (χ1v) is 6.87. The van der Waals surface area contributed by atoms with Gasteiger partial charge in [-0.05, 0) is 36.4 Å². The van der Waals surface area contributed by atoms with Crippen LogP contribution < -0.4 is 10.6 Å². The molecule has 0 saturated heterocycles. The number of carbonyl (C=O) groups excluding carboxylic acids is 1. The molecule has 2 N–H and O–H groups in total. The van der Waals surface area contributed by atoms with E-state index < -0.39 is 5.91 Å². The van der Waals surface area contributed by atoms with Crippen molar-refractivity contribution >= 4 is 23.2 Å². The molecule has 0 aliphatic carbocycles. The number of carbonyl (C=O) groups is 1. The van der Waals surface area contributed by atoms with E-state index in [4.69, 9.17) is 16.9 Å². The molecule has 0 atom stereocenters. The summed E-state index contributed by atoms with van der Waals surface area (Å²) in [6.07, 6.45) is 3.05. The van der Waals surface area contributed by atoms with Crippen LogP contribution in [0.15, 0.2) is 60.4 Å². The van der Waals surface area contributed by atoms with E-state index in [0.717, 1.165) is 5.69 Å². The number of amides is 1. The fraction of sp³-hybridized carbons (Fsp3) is 0.0625. The molecule has 1 heterocycles. The zero-order chi connectivity index (χ0) is 15.8. The summed E-state index contributed by atoms with van der Waals surface area (Å²) in [7, 11) is 0. The quantitative estimate of drug-likeness (QED) is 0.657. The van der Waals surface area contributed by atoms with Crippen molar-refractivity contribution < 1.29 is 4.79 Å². The van der Waals surface area contributed by atoms with Crippen LogP contribution in [0.3, 0.4) is 0 Å². The lowest BCUT2D eigenvalue weighted by molar-refractivity contribution is -0.112. The van der Waals surface area contributed by atoms with Gasteiger partial charge in [0.2, 0.25) is 0 Å². The van der Waals surface area contributed by atoms with Crippen molar-refractivity contribution in [2.45, 2.75) is 6.54 Å². The molecule has 0 fully saturated rings. The molecule has 1 aromatic carbocycles. The van der Waals surface area contributed by atoms with E-state index in [2.05, 4.69) is 15.6 Å². The predicted octanol–water partition coefficient (Wildman–Crippen LogP) is 2.87. The molecule has 0 unspecified atom stereocenters. The molecule has 0 bridgehead atoms. The Labute approximate surface area is 133 Å². The Balaban J connectivity index is 1.95. The molecule has 2 aromatic rings. The summed E-state index contributed by atoms with van der Waals surface area (Å²) in [6.45, 7) is 0.431. The molecule has 6 heteroatoms. The van der Waals surface area contributed by atoms with Gasteiger partial charge >= 0.3 is 0 Å². The van der Waals surface area contributed by atoms with Gasteiger partial charge < -0.3 is 10.6 Å². The minimum absolute atomic E-state index is 0.0223. The second-order valence-corrected chi connectivity index (χ2v) is 4.77. The SMILES string of the molecule is N#C/C(=C/NCc1ccccn1)C(=O)Nc1ccc(Cl)cc1. The van der Waals surface area contributed by atoms with Gasteiger partial charge in [0, 0.05) is 23.1 Å². The highest BCUT2D eigenvalue weighted by molar-refractivity contribution is 6.30. The molecule has 2 rings (SSSR count). The van der Waals surface area contributed by atoms with Crippen LogP contribution in [0.1, 0.15) is 5.69 Å². The number of nitrogens with zero attached hydrogens (tertiary/aromatic N) is 2. The lowest BCUT2D eigenvalue weighted by Gasteiger charge is -2.05. The van der Waals surface area contributed by atoms with Gasteiger partial charge in [-0.3, -0.25) is 9.78 Å². The minimum atomic E-state index is -0.488. The van der Waals surface area contributed by atoms with Gasteiger partial charge in [0.25, 0.3) is 5.91 Å². The summed E-state index contributed by atoms with van der Waals surface area (Å²) in [5.74, 6) is -0.488. The minimum Gasteiger partial charge on any atom is -0.384 e. The van der Waals surface area contributed by atoms with Crippen LogP contribution in [0.5, 0.6) is 0 Å². The van der Waals surface area contributed by atoms with Crippen molar-refractivity contribution in [2.75, 3.05) is 5.32 Å². The van der Waals surface area contributed by atoms with E-state index in [9.17, 15) is 4.79 Å². The summed E-state index contributed by atoms with van der Waals surface area (Å²) in [5, 5.41) is 15.2. The highest BCUT2D eigenvalue weighted by Gasteiger charge is 2.09. The molecule has 0 aliphatic heterocycles. The summed E-state index contributed by atoms with van der Waals surface area (Å²) >= 11 is 5.77. The van der Waals surface area contributed by atoms with Gasteiger partial charge in [0.1, 0.15) is 11.6 Å². The Kier molecular flexibility index (Phi) is 5.52. The fourth-order valence-electron chi connectivity index (χ4n) is 1.64. The van der Waals surface area contributed by atoms with Gasteiger partial charge in [-0.25, -0.2) is 0 Å². The number of anilines is 1. The molecule has 1 aromatic heterocycles. The first-order chi connectivity index (χ1) is 10.7. The average molecular weight is 313 g/mol. The van der Waals surface area contributed by atoms with Crippen molar-refractivity contribution in [3.63, 3.8) is 0 Å². The summed E-state index contributed by atoms with van der Waals surface area (Å²) < 4.78 is 0. The standard InChI is InChI=1S/C16H13ClN4O/c17-13-4-6-14(7-5-13)21-16(22)12(9-18)10-19-11-15-3-1-2-8-20-15/h1-8,10,19H,11H2,(H,21,22)/b12-10-. The van der Waals surface area contributed by atoms with E-state index in [1.807, 2.05) is 24.3 Å². The maximum Gasteiger partial charge on any atom is 0.267 e. The van der Waals surface area contributed by atoms with Crippen molar-refractivity contribution in [3.8, 4) is 6.07 Å². The molecular formula is C16H13ClN4O. The largest absolute Gasteiger partial charge is 0.384 e. The first-order valence-electron chi connectivity index (χ1n) is 6.49. The molecule has 22 heavy (non-hydrogen) atoms. The number of nitrogens with one attached hydrogen (secondary N) is 2. The van der Waals surface area contributed by atoms with Crippen LogP contribution in [0, 0.1) is 11.3 Å². The van der Waals surface area contributed by atoms with Gasteiger partial charge in [0.05, 0.1) is 12.2 Å². The zero-order valence-corrected chi connectivity index (χ0v) is 12.3. The first kappa shape index (κ1) is 15.5. The highest BCUT2D eigenvalue weighted by atomic mass is 35.5. The third-order valence-electron chi connectivity index (χ3n) is 2.72. The van der Waals surface area contributed by atoms with Gasteiger partial charge in [-0.2, -0.15) is 5.26 Å². The Hall–Kier alpha value is -2.84. The third-order valence-corrected chi connectivity index (χ3v) is 2.97. The Morgan fingerprint density at radius 1 is 1.27 bits per heavy atom. The van der Waals surface area contributed by atoms with E-state index in [-0.39, 0.29) is 5.57 Å². The lowest BCUT2D eigenvalue weighted by atomic mass is 10.2. The number of benzene rings is 1. The molecular weight excluding hydrogens is 300 g/mol. The normalized spacial score (nSPS) is 10.6. The summed E-state index contributed by atoms with van der Waals surface area (Å²) in [6, 6.07) is 14.0. The maximum absolute atomic E-state index is 12.0. The second kappa shape index (κ2) is 7.81. The van der Waals surface area contributed by atoms with Crippen molar-refractivity contribution in [1.29, 1.82) is 5.26 Å². The summed E-state index contributed by atoms with van der Waals surface area (Å²) in [4.78, 5) is 16.1. The number of nitriles is 1. The molecule has 1 amide bonds. The highest BCUT2D eigenvalue weighted by Crippen LogP contribution is 2.14. The number of hydrogen-bond donors (Lipinski definition) is 2. The molecule has 0 radical (unpaired) electrons. The third kappa shape index (κ3) is 4.62. The van der Waals surface area contributed by atoms with Crippen molar-refractivity contribution in [2.24, 2.45) is 0 Å². The molecule has 0 aliphatic rings. The lowest BCUT2D eigenvalue weighted by Crippen LogP contribution is -2.16. The van der Waals surface area contributed by atoms with Crippen LogP contribution in [-0.2, 0) is 11.3 Å². The van der Waals surface area contributed by atoms with Gasteiger partial charge in [-0.1, -0.05) is 17.7 Å². The second-order valence-electron chi connectivity index (χ2n) is 4.33.